The molecule has 0 N–H and O–H groups in total. The van der Waals surface area contributed by atoms with Gasteiger partial charge in [0.25, 0.3) is 0 Å². The van der Waals surface area contributed by atoms with Crippen molar-refractivity contribution in [2.45, 2.75) is 32.2 Å². The fourth-order valence-corrected chi connectivity index (χ4v) is 3.78. The number of likely N-dealkylation sites (tertiary alicyclic amines) is 1. The molecule has 3 amide bonds. The maximum absolute atomic E-state index is 12.5. The summed E-state index contributed by atoms with van der Waals surface area (Å²) >= 11 is 0. The second-order valence-electron chi connectivity index (χ2n) is 6.86. The van der Waals surface area contributed by atoms with Crippen LogP contribution in [0.25, 0.3) is 0 Å². The number of nitrogens with zero attached hydrogens (tertiary/aromatic N) is 2. The minimum absolute atomic E-state index is 0.162. The smallest absolute Gasteiger partial charge is 0.242 e. The highest BCUT2D eigenvalue weighted by Crippen LogP contribution is 2.37. The number of fused-ring (bicyclic) bond motifs is 1. The zero-order chi connectivity index (χ0) is 18.0. The van der Waals surface area contributed by atoms with Crippen LogP contribution in [0.15, 0.2) is 24.3 Å². The molecule has 1 saturated carbocycles. The highest BCUT2D eigenvalue weighted by Gasteiger charge is 2.48. The molecule has 0 aromatic heterocycles. The summed E-state index contributed by atoms with van der Waals surface area (Å²) in [5.74, 6) is -0.262. The Bertz CT molecular complexity index is 664. The zero-order valence-electron chi connectivity index (χ0n) is 14.7. The molecular weight excluding hydrogens is 320 g/mol. The number of amides is 3. The van der Waals surface area contributed by atoms with Gasteiger partial charge in [0.05, 0.1) is 18.9 Å². The van der Waals surface area contributed by atoms with E-state index < -0.39 is 0 Å². The Labute approximate surface area is 147 Å². The lowest BCUT2D eigenvalue weighted by Crippen LogP contribution is -2.41. The van der Waals surface area contributed by atoms with Crippen molar-refractivity contribution < 1.29 is 19.1 Å². The van der Waals surface area contributed by atoms with Gasteiger partial charge in [-0.15, -0.1) is 0 Å². The maximum atomic E-state index is 12.5. The quantitative estimate of drug-likeness (QED) is 0.764. The Morgan fingerprint density at radius 1 is 1.20 bits per heavy atom. The van der Waals surface area contributed by atoms with E-state index in [4.69, 9.17) is 4.74 Å². The molecule has 6 heteroatoms. The molecule has 2 unspecified atom stereocenters. The second-order valence-corrected chi connectivity index (χ2v) is 6.86. The van der Waals surface area contributed by atoms with E-state index in [1.165, 1.54) is 9.80 Å². The molecule has 1 aliphatic heterocycles. The lowest BCUT2D eigenvalue weighted by Gasteiger charge is -2.21. The number of hydrogen-bond acceptors (Lipinski definition) is 4. The Hall–Kier alpha value is -2.37. The number of likely N-dealkylation sites (N-methyl/N-ethyl adjacent to an activating group) is 1. The molecule has 6 nitrogen and oxygen atoms in total. The number of methoxy groups -OCH3 is 1. The molecule has 0 radical (unpaired) electrons. The number of imide groups is 1. The molecule has 1 aromatic carbocycles. The van der Waals surface area contributed by atoms with Gasteiger partial charge in [0.2, 0.25) is 17.7 Å². The van der Waals surface area contributed by atoms with Crippen LogP contribution in [0.3, 0.4) is 0 Å². The van der Waals surface area contributed by atoms with Crippen molar-refractivity contribution >= 4 is 17.7 Å². The Kier molecular flexibility index (Phi) is 5.06. The van der Waals surface area contributed by atoms with Gasteiger partial charge in [-0.2, -0.15) is 0 Å². The first kappa shape index (κ1) is 17.5. The van der Waals surface area contributed by atoms with Gasteiger partial charge in [-0.05, 0) is 30.5 Å². The average Bonchev–Trinajstić information content (AvgIpc) is 2.87. The van der Waals surface area contributed by atoms with E-state index in [1.54, 1.807) is 14.2 Å². The van der Waals surface area contributed by atoms with Crippen LogP contribution in [0.1, 0.15) is 31.2 Å². The van der Waals surface area contributed by atoms with Crippen LogP contribution in [0.2, 0.25) is 0 Å². The van der Waals surface area contributed by atoms with E-state index in [9.17, 15) is 14.4 Å². The summed E-state index contributed by atoms with van der Waals surface area (Å²) in [6.45, 7) is 0.240. The van der Waals surface area contributed by atoms with Crippen molar-refractivity contribution in [3.05, 3.63) is 29.8 Å². The summed E-state index contributed by atoms with van der Waals surface area (Å²) in [6, 6.07) is 7.48. The normalized spacial score (nSPS) is 22.7. The fourth-order valence-electron chi connectivity index (χ4n) is 3.78. The first-order valence-corrected chi connectivity index (χ1v) is 8.73. The van der Waals surface area contributed by atoms with Gasteiger partial charge >= 0.3 is 0 Å². The van der Waals surface area contributed by atoms with E-state index in [-0.39, 0.29) is 36.1 Å². The third kappa shape index (κ3) is 3.52. The fraction of sp³-hybridized carbons (Fsp3) is 0.526. The van der Waals surface area contributed by atoms with Crippen LogP contribution >= 0.6 is 0 Å². The van der Waals surface area contributed by atoms with E-state index in [2.05, 4.69) is 0 Å². The highest BCUT2D eigenvalue weighted by atomic mass is 16.5. The van der Waals surface area contributed by atoms with Gasteiger partial charge in [0.15, 0.2) is 0 Å². The molecule has 1 aliphatic carbocycles. The summed E-state index contributed by atoms with van der Waals surface area (Å²) in [6.07, 6.45) is 3.49. The van der Waals surface area contributed by atoms with Gasteiger partial charge in [-0.1, -0.05) is 25.0 Å². The number of carbonyl (C=O) groups is 3. The molecule has 0 bridgehead atoms. The van der Waals surface area contributed by atoms with Crippen molar-refractivity contribution in [1.82, 2.24) is 9.80 Å². The predicted octanol–water partition coefficient (Wildman–Crippen LogP) is 1.83. The Balaban J connectivity index is 1.63. The van der Waals surface area contributed by atoms with Crippen molar-refractivity contribution in [2.75, 3.05) is 20.7 Å². The minimum Gasteiger partial charge on any atom is -0.497 e. The summed E-state index contributed by atoms with van der Waals surface area (Å²) in [5, 5.41) is 0. The van der Waals surface area contributed by atoms with Crippen molar-refractivity contribution in [3.63, 3.8) is 0 Å². The second kappa shape index (κ2) is 7.25. The number of ether oxygens (including phenoxy) is 1. The Morgan fingerprint density at radius 3 is 2.44 bits per heavy atom. The number of benzene rings is 1. The van der Waals surface area contributed by atoms with E-state index in [1.807, 2.05) is 24.3 Å². The van der Waals surface area contributed by atoms with Crippen LogP contribution in [0.5, 0.6) is 5.75 Å². The summed E-state index contributed by atoms with van der Waals surface area (Å²) in [5.41, 5.74) is 0.933. The van der Waals surface area contributed by atoms with Gasteiger partial charge < -0.3 is 9.64 Å². The van der Waals surface area contributed by atoms with Gasteiger partial charge in [0, 0.05) is 13.6 Å². The average molecular weight is 344 g/mol. The first-order valence-electron chi connectivity index (χ1n) is 8.73. The monoisotopic (exact) mass is 344 g/mol. The molecule has 1 aromatic rings. The molecule has 2 fully saturated rings. The van der Waals surface area contributed by atoms with E-state index in [0.29, 0.717) is 6.54 Å². The SMILES string of the molecule is COc1cccc(CN(C)C(=O)CN2C(=O)C3CCCCC3C2=O)c1. The zero-order valence-corrected chi connectivity index (χ0v) is 14.7. The predicted molar refractivity (Wildman–Crippen MR) is 91.6 cm³/mol. The first-order chi connectivity index (χ1) is 12.0. The van der Waals surface area contributed by atoms with Crippen molar-refractivity contribution in [2.24, 2.45) is 11.8 Å². The standard InChI is InChI=1S/C19H24N2O4/c1-20(11-13-6-5-7-14(10-13)25-2)17(22)12-21-18(23)15-8-3-4-9-16(15)19(21)24/h5-7,10,15-16H,3-4,8-9,11-12H2,1-2H3. The molecule has 0 spiro atoms. The molecule has 134 valence electrons. The van der Waals surface area contributed by atoms with Gasteiger partial charge in [0.1, 0.15) is 12.3 Å². The largest absolute Gasteiger partial charge is 0.497 e. The van der Waals surface area contributed by atoms with E-state index >= 15 is 0 Å². The van der Waals surface area contributed by atoms with Crippen molar-refractivity contribution in [1.29, 1.82) is 0 Å². The molecule has 2 atom stereocenters. The third-order valence-corrected chi connectivity index (χ3v) is 5.21. The third-order valence-electron chi connectivity index (χ3n) is 5.21. The maximum Gasteiger partial charge on any atom is 0.242 e. The molecular formula is C19H24N2O4. The topological polar surface area (TPSA) is 66.9 Å². The molecule has 1 heterocycles. The van der Waals surface area contributed by atoms with Crippen molar-refractivity contribution in [3.8, 4) is 5.75 Å². The Morgan fingerprint density at radius 2 is 1.84 bits per heavy atom. The van der Waals surface area contributed by atoms with Gasteiger partial charge in [-0.25, -0.2) is 0 Å². The summed E-state index contributed by atoms with van der Waals surface area (Å²) in [4.78, 5) is 40.1. The van der Waals surface area contributed by atoms with Crippen LogP contribution in [0.4, 0.5) is 0 Å². The van der Waals surface area contributed by atoms with Crippen LogP contribution in [0, 0.1) is 11.8 Å². The minimum atomic E-state index is -0.233. The lowest BCUT2D eigenvalue weighted by atomic mass is 9.81. The molecule has 1 saturated heterocycles. The van der Waals surface area contributed by atoms with Gasteiger partial charge in [-0.3, -0.25) is 19.3 Å². The lowest BCUT2D eigenvalue weighted by molar-refractivity contribution is -0.146. The molecule has 25 heavy (non-hydrogen) atoms. The van der Waals surface area contributed by atoms with Crippen LogP contribution in [-0.4, -0.2) is 48.2 Å². The number of rotatable bonds is 5. The van der Waals surface area contributed by atoms with Crippen LogP contribution in [-0.2, 0) is 20.9 Å². The molecule has 3 rings (SSSR count). The van der Waals surface area contributed by atoms with Crippen LogP contribution < -0.4 is 4.74 Å². The number of carbonyl (C=O) groups excluding carboxylic acids is 3. The summed E-state index contributed by atoms with van der Waals surface area (Å²) < 4.78 is 5.19. The highest BCUT2D eigenvalue weighted by molar-refractivity contribution is 6.07. The number of hydrogen-bond donors (Lipinski definition) is 0. The van der Waals surface area contributed by atoms with E-state index in [0.717, 1.165) is 37.0 Å². The molecule has 2 aliphatic rings. The summed E-state index contributed by atoms with van der Waals surface area (Å²) in [7, 11) is 3.28.